The molecule has 0 radical (unpaired) electrons. The van der Waals surface area contributed by atoms with Crippen molar-refractivity contribution in [2.45, 2.75) is 25.7 Å². The van der Waals surface area contributed by atoms with Crippen LogP contribution in [0, 0.1) is 47.8 Å². The number of rotatable bonds is 5. The summed E-state index contributed by atoms with van der Waals surface area (Å²) in [6, 6.07) is 13.5. The molecule has 6 aliphatic rings. The summed E-state index contributed by atoms with van der Waals surface area (Å²) >= 11 is 0. The van der Waals surface area contributed by atoms with Crippen molar-refractivity contribution < 1.29 is 14.5 Å². The van der Waals surface area contributed by atoms with Gasteiger partial charge in [-0.25, -0.2) is 14.2 Å². The lowest BCUT2D eigenvalue weighted by Crippen LogP contribution is -3.12. The van der Waals surface area contributed by atoms with E-state index in [1.165, 1.54) is 4.40 Å². The van der Waals surface area contributed by atoms with Crippen LogP contribution in [-0.4, -0.2) is 29.9 Å². The number of aryl methyl sites for hydroxylation is 1. The second-order valence-electron chi connectivity index (χ2n) is 11.5. The second-order valence-corrected chi connectivity index (χ2v) is 11.5. The molecule has 0 amide bonds. The minimum absolute atomic E-state index is 0.0633. The number of hydrogen-bond donors (Lipinski definition) is 2. The van der Waals surface area contributed by atoms with Crippen LogP contribution in [0.25, 0.3) is 28.0 Å². The topological polar surface area (TPSA) is 113 Å². The third kappa shape index (κ3) is 1.73. The molecule has 3 heterocycles. The van der Waals surface area contributed by atoms with E-state index in [-0.39, 0.29) is 41.4 Å². The van der Waals surface area contributed by atoms with E-state index in [1.54, 1.807) is 4.68 Å². The Labute approximate surface area is 204 Å². The Morgan fingerprint density at radius 2 is 1.78 bits per heavy atom. The lowest BCUT2D eigenvalue weighted by Gasteiger charge is -3.08. The predicted molar refractivity (Wildman–Crippen MR) is 127 cm³/mol. The van der Waals surface area contributed by atoms with E-state index in [2.05, 4.69) is 9.97 Å². The second kappa shape index (κ2) is 5.70. The van der Waals surface area contributed by atoms with Gasteiger partial charge in [-0.1, -0.05) is 30.3 Å². The molecule has 6 aliphatic carbocycles. The van der Waals surface area contributed by atoms with Gasteiger partial charge in [0.05, 0.1) is 24.4 Å². The number of aliphatic hydroxyl groups excluding tert-OH is 1. The van der Waals surface area contributed by atoms with Gasteiger partial charge in [0.25, 0.3) is 0 Å². The molecule has 0 atom stereocenters. The SMILES string of the molecule is Cc1cc(-c2c(-c3ccccc3)[nH+]c(N)n3c(=O)n(CC45C6C7C4C4C5C6C74F)nc23)cc(CO)n1. The Bertz CT molecular complexity index is 1670. The van der Waals surface area contributed by atoms with Crippen LogP contribution in [0.4, 0.5) is 10.3 Å². The lowest BCUT2D eigenvalue weighted by molar-refractivity contribution is -0.650. The van der Waals surface area contributed by atoms with Crippen LogP contribution >= 0.6 is 0 Å². The van der Waals surface area contributed by atoms with E-state index < -0.39 is 5.67 Å². The van der Waals surface area contributed by atoms with Crippen LogP contribution in [-0.2, 0) is 13.2 Å². The van der Waals surface area contributed by atoms with Crippen molar-refractivity contribution in [3.8, 4) is 22.4 Å². The van der Waals surface area contributed by atoms with Gasteiger partial charge in [0, 0.05) is 34.4 Å². The van der Waals surface area contributed by atoms with Gasteiger partial charge in [-0.3, -0.25) is 10.7 Å². The van der Waals surface area contributed by atoms with Crippen molar-refractivity contribution in [1.29, 1.82) is 0 Å². The van der Waals surface area contributed by atoms with Crippen LogP contribution in [0.3, 0.4) is 0 Å². The summed E-state index contributed by atoms with van der Waals surface area (Å²) in [4.78, 5) is 21.3. The first-order valence-electron chi connectivity index (χ1n) is 12.6. The molecular weight excluding hydrogens is 459 g/mol. The normalized spacial score (nSPS) is 37.4. The van der Waals surface area contributed by atoms with Crippen LogP contribution in [0.1, 0.15) is 11.4 Å². The number of alkyl halides is 1. The molecule has 4 N–H and O–H groups in total. The van der Waals surface area contributed by atoms with Crippen molar-refractivity contribution in [2.24, 2.45) is 40.9 Å². The zero-order valence-corrected chi connectivity index (χ0v) is 19.5. The molecule has 36 heavy (non-hydrogen) atoms. The third-order valence-corrected chi connectivity index (χ3v) is 10.5. The van der Waals surface area contributed by atoms with Gasteiger partial charge in [-0.2, -0.15) is 4.68 Å². The van der Waals surface area contributed by atoms with Crippen molar-refractivity contribution in [3.05, 3.63) is 64.3 Å². The maximum Gasteiger partial charge on any atom is 0.411 e. The highest BCUT2D eigenvalue weighted by Crippen LogP contribution is 3.08. The minimum atomic E-state index is -0.855. The Hall–Kier alpha value is -3.59. The molecule has 0 saturated heterocycles. The maximum atomic E-state index is 14.8. The molecule has 4 aromatic rings. The molecule has 0 unspecified atom stereocenters. The largest absolute Gasteiger partial charge is 0.411 e. The summed E-state index contributed by atoms with van der Waals surface area (Å²) in [6.45, 7) is 2.21. The van der Waals surface area contributed by atoms with Crippen LogP contribution in [0.2, 0.25) is 0 Å². The number of benzene rings is 1. The third-order valence-electron chi connectivity index (χ3n) is 10.5. The molecule has 9 heteroatoms. The highest BCUT2D eigenvalue weighted by atomic mass is 19.1. The molecule has 10 rings (SSSR count). The summed E-state index contributed by atoms with van der Waals surface area (Å²) < 4.78 is 17.8. The van der Waals surface area contributed by atoms with Crippen molar-refractivity contribution >= 4 is 11.6 Å². The number of nitrogens with two attached hydrogens (primary N) is 1. The smallest absolute Gasteiger partial charge is 0.390 e. The zero-order valence-electron chi connectivity index (χ0n) is 19.5. The first kappa shape index (κ1) is 19.6. The van der Waals surface area contributed by atoms with Gasteiger partial charge >= 0.3 is 11.6 Å². The molecule has 0 aliphatic heterocycles. The Morgan fingerprint density at radius 3 is 2.44 bits per heavy atom. The highest BCUT2D eigenvalue weighted by Gasteiger charge is 3.11. The van der Waals surface area contributed by atoms with Crippen LogP contribution < -0.4 is 16.4 Å². The fourth-order valence-electron chi connectivity index (χ4n) is 9.50. The molecule has 0 spiro atoms. The quantitative estimate of drug-likeness (QED) is 0.450. The summed E-state index contributed by atoms with van der Waals surface area (Å²) in [5, 5.41) is 14.7. The molecular formula is C27H24FN6O2+. The van der Waals surface area contributed by atoms with Gasteiger partial charge in [0.1, 0.15) is 11.4 Å². The lowest BCUT2D eigenvalue weighted by atomic mass is 8.95. The molecule has 8 nitrogen and oxygen atoms in total. The van der Waals surface area contributed by atoms with E-state index in [0.29, 0.717) is 35.6 Å². The number of hydrogen-bond acceptors (Lipinski definition) is 5. The average molecular weight is 484 g/mol. The van der Waals surface area contributed by atoms with Gasteiger partial charge in [-0.15, -0.1) is 9.50 Å². The van der Waals surface area contributed by atoms with Gasteiger partial charge in [0.15, 0.2) is 0 Å². The Balaban J connectivity index is 1.25. The summed E-state index contributed by atoms with van der Waals surface area (Å²) in [5.41, 5.74) is 10.3. The zero-order chi connectivity index (χ0) is 24.3. The number of nitrogen functional groups attached to an aromatic ring is 1. The maximum absolute atomic E-state index is 14.8. The number of H-pyrrole nitrogens is 1. The van der Waals surface area contributed by atoms with Gasteiger partial charge in [0.2, 0.25) is 5.65 Å². The van der Waals surface area contributed by atoms with E-state index in [4.69, 9.17) is 10.8 Å². The fourth-order valence-corrected chi connectivity index (χ4v) is 9.50. The van der Waals surface area contributed by atoms with Crippen molar-refractivity contribution in [3.63, 3.8) is 0 Å². The first-order valence-corrected chi connectivity index (χ1v) is 12.6. The number of anilines is 1. The summed E-state index contributed by atoms with van der Waals surface area (Å²) in [7, 11) is 0. The van der Waals surface area contributed by atoms with E-state index in [9.17, 15) is 14.3 Å². The van der Waals surface area contributed by atoms with Crippen LogP contribution in [0.5, 0.6) is 0 Å². The van der Waals surface area contributed by atoms with Crippen molar-refractivity contribution in [1.82, 2.24) is 19.2 Å². The number of pyridine rings is 1. The average Bonchev–Trinajstić information content (AvgIpc) is 3.22. The number of aromatic nitrogens is 5. The molecule has 1 aromatic carbocycles. The molecule has 0 bridgehead atoms. The number of fused-ring (bicyclic) bond motifs is 1. The molecule has 180 valence electrons. The van der Waals surface area contributed by atoms with Crippen LogP contribution in [0.15, 0.2) is 47.3 Å². The van der Waals surface area contributed by atoms with E-state index in [1.807, 2.05) is 49.4 Å². The molecule has 6 fully saturated rings. The number of aromatic amines is 1. The standard InChI is InChI=1S/C27H23FN6O2/c1-11-7-13(8-14(9-35)30-11)15-22(12-5-3-2-4-6-12)31-24(29)34-23(15)32-33(25(34)36)10-26-16-19-17(26)21-18(26)20(16)27(19,21)28/h2-8,16-21,35H,9-10H2,1H3,(H2,29,31)/p+1. The number of halogens is 1. The number of aliphatic hydroxyl groups is 1. The highest BCUT2D eigenvalue weighted by molar-refractivity contribution is 5.88. The Kier molecular flexibility index (Phi) is 3.10. The number of nitrogens with zero attached hydrogens (tertiary/aromatic N) is 4. The molecule has 3 aromatic heterocycles. The summed E-state index contributed by atoms with van der Waals surface area (Å²) in [6.07, 6.45) is 0. The van der Waals surface area contributed by atoms with E-state index >= 15 is 0 Å². The fraction of sp³-hybridized carbons (Fsp3) is 0.407. The summed E-state index contributed by atoms with van der Waals surface area (Å²) in [5.74, 6) is 2.20. The molecule has 6 saturated carbocycles. The predicted octanol–water partition coefficient (Wildman–Crippen LogP) is 1.88. The van der Waals surface area contributed by atoms with E-state index in [0.717, 1.165) is 28.1 Å². The van der Waals surface area contributed by atoms with Gasteiger partial charge in [-0.05, 0) is 42.4 Å². The monoisotopic (exact) mass is 483 g/mol. The van der Waals surface area contributed by atoms with Gasteiger partial charge < -0.3 is 5.11 Å². The van der Waals surface area contributed by atoms with Crippen molar-refractivity contribution in [2.75, 3.05) is 5.73 Å². The number of nitrogens with one attached hydrogen (secondary N) is 1. The Morgan fingerprint density at radius 1 is 1.08 bits per heavy atom. The minimum Gasteiger partial charge on any atom is -0.390 e. The first-order chi connectivity index (χ1) is 17.4.